The summed E-state index contributed by atoms with van der Waals surface area (Å²) >= 11 is 0. The zero-order chi connectivity index (χ0) is 19.1. The van der Waals surface area contributed by atoms with Gasteiger partial charge in [0.1, 0.15) is 5.75 Å². The Bertz CT molecular complexity index is 626. The molecular formula is C15H19BF3O6-. The predicted octanol–water partition coefficient (Wildman–Crippen LogP) is 3.07. The van der Waals surface area contributed by atoms with E-state index >= 15 is 0 Å². The molecule has 2 rings (SSSR count). The van der Waals surface area contributed by atoms with Crippen molar-refractivity contribution < 1.29 is 41.8 Å². The van der Waals surface area contributed by atoms with Crippen LogP contribution in [0.3, 0.4) is 0 Å². The summed E-state index contributed by atoms with van der Waals surface area (Å²) in [5.74, 6) is -0.0288. The Labute approximate surface area is 142 Å². The van der Waals surface area contributed by atoms with E-state index in [0.717, 1.165) is 0 Å². The molecule has 25 heavy (non-hydrogen) atoms. The second-order valence-electron chi connectivity index (χ2n) is 6.76. The van der Waals surface area contributed by atoms with Crippen LogP contribution in [0, 0.1) is 0 Å². The first kappa shape index (κ1) is 19.4. The van der Waals surface area contributed by atoms with Crippen LogP contribution in [-0.4, -0.2) is 42.0 Å². The third kappa shape index (κ3) is 4.19. The zero-order valence-electron chi connectivity index (χ0n) is 14.2. The van der Waals surface area contributed by atoms with Crippen LogP contribution in [0.5, 0.6) is 5.75 Å². The minimum absolute atomic E-state index is 0.0288. The zero-order valence-corrected chi connectivity index (χ0v) is 14.2. The summed E-state index contributed by atoms with van der Waals surface area (Å²) in [6.07, 6.45) is -6.05. The lowest BCUT2D eigenvalue weighted by atomic mass is 9.69. The molecule has 0 atom stereocenters. The first-order valence-corrected chi connectivity index (χ1v) is 7.52. The Morgan fingerprint density at radius 3 is 2.00 bits per heavy atom. The smallest absolute Gasteiger partial charge is 0.471 e. The summed E-state index contributed by atoms with van der Waals surface area (Å²) in [4.78, 5) is 11.1. The van der Waals surface area contributed by atoms with Crippen molar-refractivity contribution in [1.29, 1.82) is 0 Å². The van der Waals surface area contributed by atoms with Crippen molar-refractivity contribution in [1.82, 2.24) is 0 Å². The molecule has 0 bridgehead atoms. The fraction of sp³-hybridized carbons (Fsp3) is 0.533. The van der Waals surface area contributed by atoms with Gasteiger partial charge in [0.2, 0.25) is 0 Å². The number of benzene rings is 1. The van der Waals surface area contributed by atoms with E-state index in [-0.39, 0.29) is 11.2 Å². The van der Waals surface area contributed by atoms with Gasteiger partial charge in [-0.15, -0.1) is 5.46 Å². The molecule has 0 aromatic heterocycles. The second kappa shape index (κ2) is 6.10. The lowest BCUT2D eigenvalue weighted by molar-refractivity contribution is -0.153. The highest BCUT2D eigenvalue weighted by Crippen LogP contribution is 2.42. The van der Waals surface area contributed by atoms with Crippen LogP contribution in [0.2, 0.25) is 0 Å². The average molecular weight is 363 g/mol. The van der Waals surface area contributed by atoms with Crippen molar-refractivity contribution in [2.45, 2.75) is 45.1 Å². The quantitative estimate of drug-likeness (QED) is 0.829. The molecule has 1 heterocycles. The Balaban J connectivity index is 2.30. The molecule has 1 saturated heterocycles. The number of ether oxygens (including phenoxy) is 1. The second-order valence-corrected chi connectivity index (χ2v) is 6.76. The lowest BCUT2D eigenvalue weighted by Crippen LogP contribution is -2.55. The van der Waals surface area contributed by atoms with Crippen LogP contribution in [0.15, 0.2) is 24.3 Å². The van der Waals surface area contributed by atoms with E-state index < -0.39 is 36.9 Å². The predicted molar refractivity (Wildman–Crippen MR) is 82.8 cm³/mol. The van der Waals surface area contributed by atoms with Gasteiger partial charge in [0, 0.05) is 11.2 Å². The van der Waals surface area contributed by atoms with Crippen molar-refractivity contribution in [2.75, 3.05) is 6.61 Å². The summed E-state index contributed by atoms with van der Waals surface area (Å²) in [6.45, 7) is 2.64. The van der Waals surface area contributed by atoms with Gasteiger partial charge in [-0.25, -0.2) is 4.79 Å². The van der Waals surface area contributed by atoms with Gasteiger partial charge in [-0.05, 0) is 39.8 Å². The number of halogens is 3. The Hall–Kier alpha value is -1.94. The standard InChI is InChI=1S/C15H19BF3O6/c1-13(2)14(3,4)25-16(24-13,23-12(20)21)10-5-7-11(8-6-10)22-9-15(17,18)19/h5-8H,9H2,1-4H3,(H,20,21)/q-1. The van der Waals surface area contributed by atoms with E-state index in [1.807, 2.05) is 0 Å². The largest absolute Gasteiger partial charge is 0.607 e. The summed E-state index contributed by atoms with van der Waals surface area (Å²) < 4.78 is 57.8. The average Bonchev–Trinajstić information content (AvgIpc) is 2.61. The van der Waals surface area contributed by atoms with E-state index in [1.54, 1.807) is 27.7 Å². The van der Waals surface area contributed by atoms with Gasteiger partial charge in [-0.1, -0.05) is 12.1 Å². The number of rotatable bonds is 4. The normalized spacial score (nSPS) is 20.9. The molecule has 1 aromatic rings. The summed E-state index contributed by atoms with van der Waals surface area (Å²) in [6, 6.07) is 5.24. The number of hydrogen-bond acceptors (Lipinski definition) is 5. The molecule has 1 aliphatic rings. The lowest BCUT2D eigenvalue weighted by Gasteiger charge is -2.36. The maximum atomic E-state index is 12.2. The Morgan fingerprint density at radius 2 is 1.60 bits per heavy atom. The molecule has 0 aliphatic carbocycles. The third-order valence-corrected chi connectivity index (χ3v) is 4.30. The SMILES string of the molecule is CC1(C)O[B-](OC(=O)O)(c2ccc(OCC(F)(F)F)cc2)OC1(C)C. The molecule has 6 nitrogen and oxygen atoms in total. The minimum atomic E-state index is -4.46. The first-order chi connectivity index (χ1) is 11.3. The topological polar surface area (TPSA) is 74.2 Å². The molecule has 140 valence electrons. The summed E-state index contributed by atoms with van der Waals surface area (Å²) in [7, 11) is 0. The van der Waals surface area contributed by atoms with Crippen molar-refractivity contribution in [3.63, 3.8) is 0 Å². The summed E-state index contributed by atoms with van der Waals surface area (Å²) in [5.41, 5.74) is -1.50. The number of carbonyl (C=O) groups is 1. The van der Waals surface area contributed by atoms with E-state index in [9.17, 15) is 18.0 Å². The minimum Gasteiger partial charge on any atom is -0.607 e. The molecule has 0 unspecified atom stereocenters. The molecule has 1 fully saturated rings. The van der Waals surface area contributed by atoms with Crippen molar-refractivity contribution in [3.8, 4) is 5.75 Å². The van der Waals surface area contributed by atoms with Crippen LogP contribution >= 0.6 is 0 Å². The molecule has 1 N–H and O–H groups in total. The van der Waals surface area contributed by atoms with Crippen LogP contribution in [0.4, 0.5) is 18.0 Å². The molecular weight excluding hydrogens is 344 g/mol. The van der Waals surface area contributed by atoms with Gasteiger partial charge in [0.05, 0.1) is 0 Å². The fourth-order valence-corrected chi connectivity index (χ4v) is 2.43. The van der Waals surface area contributed by atoms with E-state index in [2.05, 4.69) is 4.74 Å². The molecule has 10 heteroatoms. The van der Waals surface area contributed by atoms with Gasteiger partial charge >= 0.3 is 19.1 Å². The van der Waals surface area contributed by atoms with Gasteiger partial charge in [0.25, 0.3) is 0 Å². The molecule has 0 amide bonds. The van der Waals surface area contributed by atoms with E-state index in [4.69, 9.17) is 19.1 Å². The van der Waals surface area contributed by atoms with Crippen LogP contribution in [0.1, 0.15) is 27.7 Å². The molecule has 1 aliphatic heterocycles. The van der Waals surface area contributed by atoms with E-state index in [1.165, 1.54) is 24.3 Å². The number of hydrogen-bond donors (Lipinski definition) is 1. The van der Waals surface area contributed by atoms with Crippen molar-refractivity contribution >= 4 is 18.4 Å². The number of alkyl halides is 3. The van der Waals surface area contributed by atoms with Gasteiger partial charge in [0.15, 0.2) is 6.61 Å². The highest BCUT2D eigenvalue weighted by molar-refractivity contribution is 6.77. The molecule has 1 aromatic carbocycles. The maximum absolute atomic E-state index is 12.2. The molecule has 0 saturated carbocycles. The van der Waals surface area contributed by atoms with Crippen molar-refractivity contribution in [2.24, 2.45) is 0 Å². The van der Waals surface area contributed by atoms with E-state index in [0.29, 0.717) is 0 Å². The van der Waals surface area contributed by atoms with Gasteiger partial charge in [-0.3, -0.25) is 0 Å². The highest BCUT2D eigenvalue weighted by Gasteiger charge is 2.55. The monoisotopic (exact) mass is 363 g/mol. The van der Waals surface area contributed by atoms with Crippen molar-refractivity contribution in [3.05, 3.63) is 24.3 Å². The molecule has 0 spiro atoms. The van der Waals surface area contributed by atoms with Crippen LogP contribution in [0.25, 0.3) is 0 Å². The fourth-order valence-electron chi connectivity index (χ4n) is 2.43. The summed E-state index contributed by atoms with van der Waals surface area (Å²) in [5, 5.41) is 9.05. The first-order valence-electron chi connectivity index (χ1n) is 7.52. The van der Waals surface area contributed by atoms with Gasteiger partial charge in [-0.2, -0.15) is 13.2 Å². The highest BCUT2D eigenvalue weighted by atomic mass is 19.4. The van der Waals surface area contributed by atoms with Crippen LogP contribution < -0.4 is 10.2 Å². The third-order valence-electron chi connectivity index (χ3n) is 4.30. The van der Waals surface area contributed by atoms with Gasteiger partial charge < -0.3 is 23.8 Å². The maximum Gasteiger partial charge on any atom is 0.471 e. The Kier molecular flexibility index (Phi) is 4.73. The van der Waals surface area contributed by atoms with Crippen LogP contribution in [-0.2, 0) is 14.0 Å². The number of carboxylic acid groups (broad SMARTS) is 1. The Morgan fingerprint density at radius 1 is 1.12 bits per heavy atom. The molecule has 0 radical (unpaired) electrons.